The van der Waals surface area contributed by atoms with Crippen molar-refractivity contribution in [3.05, 3.63) is 47.8 Å². The number of nitrogens with zero attached hydrogens (tertiary/aromatic N) is 1. The summed E-state index contributed by atoms with van der Waals surface area (Å²) >= 11 is 0. The normalized spacial score (nSPS) is 11.2. The number of halogens is 3. The molecule has 0 amide bonds. The van der Waals surface area contributed by atoms with E-state index in [1.54, 1.807) is 0 Å². The molecule has 0 aliphatic rings. The van der Waals surface area contributed by atoms with Gasteiger partial charge in [-0.25, -0.2) is 4.79 Å². The van der Waals surface area contributed by atoms with Crippen LogP contribution in [0.5, 0.6) is 5.75 Å². The second kappa shape index (κ2) is 5.43. The average Bonchev–Trinajstić information content (AvgIpc) is 2.45. The first kappa shape index (κ1) is 14.8. The van der Waals surface area contributed by atoms with Crippen molar-refractivity contribution in [2.75, 3.05) is 7.11 Å². The number of esters is 1. The van der Waals surface area contributed by atoms with Crippen LogP contribution in [0, 0.1) is 0 Å². The molecule has 110 valence electrons. The molecule has 0 fully saturated rings. The summed E-state index contributed by atoms with van der Waals surface area (Å²) in [4.78, 5) is 14.6. The van der Waals surface area contributed by atoms with Crippen LogP contribution in [0.1, 0.15) is 16.1 Å². The van der Waals surface area contributed by atoms with Gasteiger partial charge in [-0.2, -0.15) is 13.2 Å². The molecule has 0 saturated carbocycles. The number of aromatic nitrogens is 1. The third kappa shape index (κ3) is 3.13. The van der Waals surface area contributed by atoms with Gasteiger partial charge in [-0.05, 0) is 24.3 Å². The Labute approximate surface area is 117 Å². The Balaban J connectivity index is 2.36. The van der Waals surface area contributed by atoms with Gasteiger partial charge in [-0.3, -0.25) is 4.98 Å². The van der Waals surface area contributed by atoms with Crippen LogP contribution in [0.15, 0.2) is 36.5 Å². The number of pyridine rings is 1. The largest absolute Gasteiger partial charge is 0.507 e. The first-order chi connectivity index (χ1) is 9.82. The van der Waals surface area contributed by atoms with E-state index in [0.717, 1.165) is 12.3 Å². The molecular weight excluding hydrogens is 287 g/mol. The molecule has 0 aliphatic heterocycles. The minimum atomic E-state index is -4.52. The van der Waals surface area contributed by atoms with Crippen LogP contribution in [0.2, 0.25) is 0 Å². The quantitative estimate of drug-likeness (QED) is 0.864. The number of aromatic hydroxyl groups is 1. The lowest BCUT2D eigenvalue weighted by Gasteiger charge is -2.09. The Morgan fingerprint density at radius 1 is 1.24 bits per heavy atom. The van der Waals surface area contributed by atoms with Crippen LogP contribution in [0.4, 0.5) is 13.2 Å². The van der Waals surface area contributed by atoms with Crippen molar-refractivity contribution in [1.82, 2.24) is 4.98 Å². The second-order valence-electron chi connectivity index (χ2n) is 4.15. The lowest BCUT2D eigenvalue weighted by molar-refractivity contribution is -0.141. The summed E-state index contributed by atoms with van der Waals surface area (Å²) < 4.78 is 41.8. The average molecular weight is 297 g/mol. The molecule has 0 spiro atoms. The van der Waals surface area contributed by atoms with Gasteiger partial charge in [0.05, 0.1) is 12.7 Å². The van der Waals surface area contributed by atoms with Crippen LogP contribution in [-0.4, -0.2) is 23.2 Å². The van der Waals surface area contributed by atoms with Crippen LogP contribution in [-0.2, 0) is 10.9 Å². The second-order valence-corrected chi connectivity index (χ2v) is 4.15. The smallest absolute Gasteiger partial charge is 0.433 e. The zero-order valence-corrected chi connectivity index (χ0v) is 10.8. The lowest BCUT2D eigenvalue weighted by atomic mass is 10.0. The molecule has 2 aromatic rings. The molecule has 0 saturated heterocycles. The van der Waals surface area contributed by atoms with E-state index in [1.165, 1.54) is 31.4 Å². The van der Waals surface area contributed by atoms with Gasteiger partial charge >= 0.3 is 12.1 Å². The van der Waals surface area contributed by atoms with Crippen LogP contribution in [0.25, 0.3) is 11.1 Å². The lowest BCUT2D eigenvalue weighted by Crippen LogP contribution is -2.07. The Bertz CT molecular complexity index is 666. The van der Waals surface area contributed by atoms with Crippen LogP contribution < -0.4 is 0 Å². The Hall–Kier alpha value is -2.57. The molecule has 7 heteroatoms. The first-order valence-corrected chi connectivity index (χ1v) is 5.78. The molecule has 0 aliphatic carbocycles. The highest BCUT2D eigenvalue weighted by Gasteiger charge is 2.32. The topological polar surface area (TPSA) is 59.4 Å². The highest BCUT2D eigenvalue weighted by Crippen LogP contribution is 2.32. The van der Waals surface area contributed by atoms with Gasteiger partial charge in [0.2, 0.25) is 0 Å². The summed E-state index contributed by atoms with van der Waals surface area (Å²) in [6.45, 7) is 0. The maximum absolute atomic E-state index is 12.4. The number of ether oxygens (including phenoxy) is 1. The summed E-state index contributed by atoms with van der Waals surface area (Å²) in [7, 11) is 1.20. The Morgan fingerprint density at radius 3 is 2.43 bits per heavy atom. The molecule has 0 bridgehead atoms. The molecule has 0 atom stereocenters. The van der Waals surface area contributed by atoms with Gasteiger partial charge in [0.1, 0.15) is 11.4 Å². The standard InChI is InChI=1S/C14H10F3NO3/c1-21-13(20)8-2-4-10(11(19)6-8)9-3-5-12(18-7-9)14(15,16)17/h2-7,19H,1H3. The minimum Gasteiger partial charge on any atom is -0.507 e. The maximum Gasteiger partial charge on any atom is 0.433 e. The maximum atomic E-state index is 12.4. The predicted octanol–water partition coefficient (Wildman–Crippen LogP) is 3.26. The van der Waals surface area contributed by atoms with E-state index >= 15 is 0 Å². The van der Waals surface area contributed by atoms with E-state index in [0.29, 0.717) is 5.56 Å². The van der Waals surface area contributed by atoms with Crippen molar-refractivity contribution in [2.24, 2.45) is 0 Å². The molecule has 21 heavy (non-hydrogen) atoms. The molecule has 0 radical (unpaired) electrons. The summed E-state index contributed by atoms with van der Waals surface area (Å²) in [5, 5.41) is 9.86. The summed E-state index contributed by atoms with van der Waals surface area (Å²) in [5.41, 5.74) is -0.309. The van der Waals surface area contributed by atoms with Gasteiger partial charge in [0, 0.05) is 17.3 Å². The molecule has 1 aromatic carbocycles. The number of alkyl halides is 3. The molecule has 2 rings (SSSR count). The van der Waals surface area contributed by atoms with Gasteiger partial charge in [0.15, 0.2) is 0 Å². The molecule has 1 N–H and O–H groups in total. The van der Waals surface area contributed by atoms with E-state index in [4.69, 9.17) is 0 Å². The minimum absolute atomic E-state index is 0.138. The van der Waals surface area contributed by atoms with E-state index in [2.05, 4.69) is 9.72 Å². The number of carbonyl (C=O) groups excluding carboxylic acids is 1. The number of methoxy groups -OCH3 is 1. The van der Waals surface area contributed by atoms with Crippen molar-refractivity contribution < 1.29 is 27.8 Å². The Kier molecular flexibility index (Phi) is 3.84. The first-order valence-electron chi connectivity index (χ1n) is 5.78. The highest BCUT2D eigenvalue weighted by molar-refractivity contribution is 5.91. The molecule has 0 unspecified atom stereocenters. The zero-order valence-electron chi connectivity index (χ0n) is 10.8. The number of carbonyl (C=O) groups is 1. The predicted molar refractivity (Wildman–Crippen MR) is 67.7 cm³/mol. The van der Waals surface area contributed by atoms with Gasteiger partial charge in [-0.15, -0.1) is 0 Å². The molecule has 1 aromatic heterocycles. The zero-order chi connectivity index (χ0) is 15.6. The van der Waals surface area contributed by atoms with Crippen molar-refractivity contribution in [3.8, 4) is 16.9 Å². The fourth-order valence-corrected chi connectivity index (χ4v) is 1.74. The molecule has 4 nitrogen and oxygen atoms in total. The van der Waals surface area contributed by atoms with Crippen LogP contribution in [0.3, 0.4) is 0 Å². The van der Waals surface area contributed by atoms with Crippen molar-refractivity contribution >= 4 is 5.97 Å². The highest BCUT2D eigenvalue weighted by atomic mass is 19.4. The van der Waals surface area contributed by atoms with E-state index < -0.39 is 17.8 Å². The van der Waals surface area contributed by atoms with Gasteiger partial charge in [0.25, 0.3) is 0 Å². The summed E-state index contributed by atoms with van der Waals surface area (Å²) in [5.74, 6) is -0.873. The van der Waals surface area contributed by atoms with Crippen molar-refractivity contribution in [1.29, 1.82) is 0 Å². The Morgan fingerprint density at radius 2 is 1.95 bits per heavy atom. The van der Waals surface area contributed by atoms with Crippen LogP contribution >= 0.6 is 0 Å². The third-order valence-electron chi connectivity index (χ3n) is 2.78. The fraction of sp³-hybridized carbons (Fsp3) is 0.143. The van der Waals surface area contributed by atoms with Crippen molar-refractivity contribution in [2.45, 2.75) is 6.18 Å². The number of phenols is 1. The summed E-state index contributed by atoms with van der Waals surface area (Å²) in [6.07, 6.45) is -3.51. The van der Waals surface area contributed by atoms with Gasteiger partial charge in [-0.1, -0.05) is 6.07 Å². The van der Waals surface area contributed by atoms with E-state index in [-0.39, 0.29) is 16.9 Å². The number of benzene rings is 1. The number of hydrogen-bond donors (Lipinski definition) is 1. The number of hydrogen-bond acceptors (Lipinski definition) is 4. The fourth-order valence-electron chi connectivity index (χ4n) is 1.74. The number of phenolic OH excluding ortho intramolecular Hbond substituents is 1. The van der Waals surface area contributed by atoms with E-state index in [9.17, 15) is 23.1 Å². The number of rotatable bonds is 2. The van der Waals surface area contributed by atoms with Gasteiger partial charge < -0.3 is 9.84 Å². The molecular formula is C14H10F3NO3. The van der Waals surface area contributed by atoms with E-state index in [1.807, 2.05) is 0 Å². The van der Waals surface area contributed by atoms with Crippen molar-refractivity contribution in [3.63, 3.8) is 0 Å². The third-order valence-corrected chi connectivity index (χ3v) is 2.78. The summed E-state index contributed by atoms with van der Waals surface area (Å²) in [6, 6.07) is 6.01. The molecule has 1 heterocycles. The monoisotopic (exact) mass is 297 g/mol. The SMILES string of the molecule is COC(=O)c1ccc(-c2ccc(C(F)(F)F)nc2)c(O)c1.